The van der Waals surface area contributed by atoms with Crippen molar-refractivity contribution in [2.45, 2.75) is 19.3 Å². The number of carbonyl (C=O) groups is 1. The van der Waals surface area contributed by atoms with Gasteiger partial charge in [-0.2, -0.15) is 0 Å². The van der Waals surface area contributed by atoms with Crippen LogP contribution in [-0.4, -0.2) is 10.9 Å². The average molecular weight is 361 g/mol. The Morgan fingerprint density at radius 1 is 1.16 bits per heavy atom. The van der Waals surface area contributed by atoms with E-state index in [1.807, 2.05) is 18.2 Å². The first-order valence-electron chi connectivity index (χ1n) is 8.06. The van der Waals surface area contributed by atoms with E-state index in [9.17, 15) is 13.6 Å². The van der Waals surface area contributed by atoms with E-state index in [1.54, 1.807) is 0 Å². The topological polar surface area (TPSA) is 44.9 Å². The molecular formula is C19H15ClF2N2O. The van der Waals surface area contributed by atoms with Crippen LogP contribution in [0.1, 0.15) is 17.7 Å². The maximum Gasteiger partial charge on any atom is 0.227 e. The monoisotopic (exact) mass is 360 g/mol. The van der Waals surface area contributed by atoms with Crippen molar-refractivity contribution in [1.29, 1.82) is 0 Å². The van der Waals surface area contributed by atoms with E-state index in [-0.39, 0.29) is 17.5 Å². The van der Waals surface area contributed by atoms with Gasteiger partial charge in [0.25, 0.3) is 0 Å². The fraction of sp³-hybridized carbons (Fsp3) is 0.211. The molecule has 1 heterocycles. The smallest absolute Gasteiger partial charge is 0.227 e. The van der Waals surface area contributed by atoms with E-state index in [2.05, 4.69) is 10.3 Å². The Kier molecular flexibility index (Phi) is 3.96. The van der Waals surface area contributed by atoms with Crippen LogP contribution in [-0.2, 0) is 17.6 Å². The van der Waals surface area contributed by atoms with Gasteiger partial charge in [-0.3, -0.25) is 4.79 Å². The summed E-state index contributed by atoms with van der Waals surface area (Å²) in [6.45, 7) is 0. The lowest BCUT2D eigenvalue weighted by Gasteiger charge is -2.22. The van der Waals surface area contributed by atoms with E-state index in [4.69, 9.17) is 11.6 Å². The van der Waals surface area contributed by atoms with Crippen LogP contribution >= 0.6 is 11.6 Å². The second-order valence-corrected chi connectivity index (χ2v) is 6.77. The van der Waals surface area contributed by atoms with Gasteiger partial charge in [0.2, 0.25) is 5.91 Å². The molecule has 0 bridgehead atoms. The number of amides is 1. The molecule has 0 spiro atoms. The summed E-state index contributed by atoms with van der Waals surface area (Å²) in [4.78, 5) is 15.9. The van der Waals surface area contributed by atoms with Gasteiger partial charge in [-0.25, -0.2) is 8.78 Å². The lowest BCUT2D eigenvalue weighted by molar-refractivity contribution is -0.120. The van der Waals surface area contributed by atoms with Crippen LogP contribution in [0, 0.1) is 17.6 Å². The molecule has 1 aliphatic carbocycles. The van der Waals surface area contributed by atoms with Gasteiger partial charge < -0.3 is 10.3 Å². The number of halogens is 3. The normalized spacial score (nSPS) is 16.7. The first kappa shape index (κ1) is 16.1. The fourth-order valence-electron chi connectivity index (χ4n) is 3.43. The molecule has 2 N–H and O–H groups in total. The Hall–Kier alpha value is -2.40. The SMILES string of the molecule is O=C(Nc1ccc(F)c(F)c1)C1CCc2[nH]c3ccc(Cl)cc3c2C1. The van der Waals surface area contributed by atoms with Crippen LogP contribution < -0.4 is 5.32 Å². The third-order valence-electron chi connectivity index (χ3n) is 4.71. The number of aromatic amines is 1. The minimum absolute atomic E-state index is 0.187. The van der Waals surface area contributed by atoms with Gasteiger partial charge in [-0.15, -0.1) is 0 Å². The number of hydrogen-bond donors (Lipinski definition) is 2. The summed E-state index contributed by atoms with van der Waals surface area (Å²) in [6.07, 6.45) is 2.05. The number of rotatable bonds is 2. The summed E-state index contributed by atoms with van der Waals surface area (Å²) < 4.78 is 26.3. The van der Waals surface area contributed by atoms with Crippen molar-refractivity contribution in [3.05, 3.63) is 64.3 Å². The summed E-state index contributed by atoms with van der Waals surface area (Å²) in [6, 6.07) is 9.03. The maximum atomic E-state index is 13.3. The first-order valence-corrected chi connectivity index (χ1v) is 8.44. The number of fused-ring (bicyclic) bond motifs is 3. The quantitative estimate of drug-likeness (QED) is 0.674. The number of aryl methyl sites for hydroxylation is 1. The van der Waals surface area contributed by atoms with Crippen molar-refractivity contribution in [2.24, 2.45) is 5.92 Å². The Balaban J connectivity index is 1.57. The lowest BCUT2D eigenvalue weighted by atomic mass is 9.86. The Labute approximate surface area is 148 Å². The molecule has 1 unspecified atom stereocenters. The third-order valence-corrected chi connectivity index (χ3v) is 4.94. The summed E-state index contributed by atoms with van der Waals surface area (Å²) in [7, 11) is 0. The highest BCUT2D eigenvalue weighted by molar-refractivity contribution is 6.31. The van der Waals surface area contributed by atoms with E-state index in [0.29, 0.717) is 17.9 Å². The van der Waals surface area contributed by atoms with E-state index < -0.39 is 11.6 Å². The minimum Gasteiger partial charge on any atom is -0.358 e. The average Bonchev–Trinajstić information content (AvgIpc) is 2.95. The Bertz CT molecular complexity index is 983. The van der Waals surface area contributed by atoms with Gasteiger partial charge in [0.1, 0.15) is 0 Å². The van der Waals surface area contributed by atoms with E-state index >= 15 is 0 Å². The molecule has 3 nitrogen and oxygen atoms in total. The molecule has 0 aliphatic heterocycles. The molecule has 2 aromatic carbocycles. The molecule has 0 fully saturated rings. The molecule has 1 amide bonds. The van der Waals surface area contributed by atoms with Crippen LogP contribution in [0.2, 0.25) is 5.02 Å². The highest BCUT2D eigenvalue weighted by Gasteiger charge is 2.27. The molecule has 1 aliphatic rings. The van der Waals surface area contributed by atoms with Crippen LogP contribution in [0.5, 0.6) is 0 Å². The molecule has 6 heteroatoms. The van der Waals surface area contributed by atoms with Crippen molar-refractivity contribution >= 4 is 34.1 Å². The standard InChI is InChI=1S/C19H15ClF2N2O/c20-11-2-6-18-14(8-11)13-7-10(1-5-17(13)24-18)19(25)23-12-3-4-15(21)16(22)9-12/h2-4,6,8-10,24H,1,5,7H2,(H,23,25). The molecule has 4 rings (SSSR count). The van der Waals surface area contributed by atoms with Crippen molar-refractivity contribution in [3.63, 3.8) is 0 Å². The summed E-state index contributed by atoms with van der Waals surface area (Å²) in [5.74, 6) is -2.32. The molecule has 25 heavy (non-hydrogen) atoms. The highest BCUT2D eigenvalue weighted by atomic mass is 35.5. The molecule has 3 aromatic rings. The molecule has 0 radical (unpaired) electrons. The van der Waals surface area contributed by atoms with Crippen LogP contribution in [0.3, 0.4) is 0 Å². The molecule has 1 aromatic heterocycles. The van der Waals surface area contributed by atoms with Crippen molar-refractivity contribution in [2.75, 3.05) is 5.32 Å². The second kappa shape index (κ2) is 6.15. The van der Waals surface area contributed by atoms with Crippen LogP contribution in [0.15, 0.2) is 36.4 Å². The number of benzene rings is 2. The van der Waals surface area contributed by atoms with Gasteiger partial charge in [-0.05, 0) is 55.2 Å². The van der Waals surface area contributed by atoms with E-state index in [0.717, 1.165) is 40.7 Å². The van der Waals surface area contributed by atoms with Crippen LogP contribution in [0.4, 0.5) is 14.5 Å². The summed E-state index contributed by atoms with van der Waals surface area (Å²) in [5, 5.41) is 4.37. The maximum absolute atomic E-state index is 13.3. The second-order valence-electron chi connectivity index (χ2n) is 6.33. The molecule has 0 saturated carbocycles. The summed E-state index contributed by atoms with van der Waals surface area (Å²) >= 11 is 6.09. The fourth-order valence-corrected chi connectivity index (χ4v) is 3.60. The number of aromatic nitrogens is 1. The molecule has 1 atom stereocenters. The zero-order valence-corrected chi connectivity index (χ0v) is 14.0. The number of H-pyrrole nitrogens is 1. The first-order chi connectivity index (χ1) is 12.0. The minimum atomic E-state index is -0.977. The Morgan fingerprint density at radius 2 is 2.00 bits per heavy atom. The van der Waals surface area contributed by atoms with Gasteiger partial charge in [0, 0.05) is 39.3 Å². The zero-order chi connectivity index (χ0) is 17.6. The van der Waals surface area contributed by atoms with Crippen molar-refractivity contribution in [3.8, 4) is 0 Å². The Morgan fingerprint density at radius 3 is 2.80 bits per heavy atom. The molecule has 128 valence electrons. The predicted molar refractivity (Wildman–Crippen MR) is 93.8 cm³/mol. The summed E-state index contributed by atoms with van der Waals surface area (Å²) in [5.41, 5.74) is 3.51. The zero-order valence-electron chi connectivity index (χ0n) is 13.2. The number of hydrogen-bond acceptors (Lipinski definition) is 1. The number of anilines is 1. The van der Waals surface area contributed by atoms with Gasteiger partial charge in [0.05, 0.1) is 0 Å². The van der Waals surface area contributed by atoms with E-state index in [1.165, 1.54) is 6.07 Å². The lowest BCUT2D eigenvalue weighted by Crippen LogP contribution is -2.28. The largest absolute Gasteiger partial charge is 0.358 e. The van der Waals surface area contributed by atoms with Gasteiger partial charge in [-0.1, -0.05) is 11.6 Å². The highest BCUT2D eigenvalue weighted by Crippen LogP contribution is 2.33. The van der Waals surface area contributed by atoms with Crippen molar-refractivity contribution in [1.82, 2.24) is 4.98 Å². The molecule has 0 saturated heterocycles. The number of nitrogens with one attached hydrogen (secondary N) is 2. The van der Waals surface area contributed by atoms with Gasteiger partial charge >= 0.3 is 0 Å². The van der Waals surface area contributed by atoms with Gasteiger partial charge in [0.15, 0.2) is 11.6 Å². The number of carbonyl (C=O) groups excluding carboxylic acids is 1. The third kappa shape index (κ3) is 3.00. The molecular weight excluding hydrogens is 346 g/mol. The van der Waals surface area contributed by atoms with Crippen LogP contribution in [0.25, 0.3) is 10.9 Å². The predicted octanol–water partition coefficient (Wildman–Crippen LogP) is 4.84. The van der Waals surface area contributed by atoms with Crippen molar-refractivity contribution < 1.29 is 13.6 Å².